The van der Waals surface area contributed by atoms with Crippen molar-refractivity contribution in [3.05, 3.63) is 119 Å². The summed E-state index contributed by atoms with van der Waals surface area (Å²) in [4.78, 5) is 50.9. The van der Waals surface area contributed by atoms with E-state index in [9.17, 15) is 26.8 Å². The van der Waals surface area contributed by atoms with E-state index in [0.29, 0.717) is 55.0 Å². The van der Waals surface area contributed by atoms with Gasteiger partial charge >= 0.3 is 11.9 Å². The topological polar surface area (TPSA) is 201 Å². The maximum atomic E-state index is 13.5. The van der Waals surface area contributed by atoms with Crippen LogP contribution in [0.2, 0.25) is 10.0 Å². The molecule has 1 fully saturated rings. The molecule has 1 saturated heterocycles. The minimum Gasteiger partial charge on any atom is -0.464 e. The molecule has 0 aliphatic carbocycles. The summed E-state index contributed by atoms with van der Waals surface area (Å²) in [5, 5.41) is 5.46. The third-order valence-electron chi connectivity index (χ3n) is 8.47. The van der Waals surface area contributed by atoms with Gasteiger partial charge in [0.25, 0.3) is 0 Å². The van der Waals surface area contributed by atoms with Crippen molar-refractivity contribution in [3.63, 3.8) is 0 Å². The van der Waals surface area contributed by atoms with Crippen LogP contribution in [-0.4, -0.2) is 97.0 Å². The van der Waals surface area contributed by atoms with Gasteiger partial charge in [-0.05, 0) is 71.8 Å². The number of pyridine rings is 2. The van der Waals surface area contributed by atoms with Crippen molar-refractivity contribution in [1.82, 2.24) is 29.9 Å². The summed E-state index contributed by atoms with van der Waals surface area (Å²) in [6.07, 6.45) is 6.85. The van der Waals surface area contributed by atoms with Gasteiger partial charge in [0.2, 0.25) is 11.9 Å². The first kappa shape index (κ1) is 43.2. The Morgan fingerprint density at radius 1 is 0.717 bits per heavy atom. The number of aromatic nitrogens is 6. The molecule has 1 aliphatic rings. The maximum Gasteiger partial charge on any atom is 0.356 e. The van der Waals surface area contributed by atoms with Crippen LogP contribution in [0.3, 0.4) is 0 Å². The summed E-state index contributed by atoms with van der Waals surface area (Å²) < 4.78 is 66.2. The standard InChI is InChI=1S/C21H19ClFN5O3.C18H14ClFN4O4S/c1-30-20(29)18-10-13(4-5-24-18)15-12-25-21(26-14-2-3-17(23)16(22)11-14)27-19(15)28-6-8-31-9-7-28;1-28-17(25)15-7-10(5-6-21-15)12-9-22-18(24-16(12)29(2,26)27)23-11-3-4-14(20)13(19)8-11/h2-5,10-12H,6-9H2,1H3,(H,25,26,27);3-9H,1-2H3,(H,22,23,24). The number of nitrogens with one attached hydrogen (secondary N) is 2. The predicted molar refractivity (Wildman–Crippen MR) is 219 cm³/mol. The summed E-state index contributed by atoms with van der Waals surface area (Å²) in [7, 11) is -1.24. The summed E-state index contributed by atoms with van der Waals surface area (Å²) in [5.41, 5.74) is 3.15. The van der Waals surface area contributed by atoms with E-state index < -0.39 is 33.4 Å². The van der Waals surface area contributed by atoms with E-state index in [0.717, 1.165) is 23.4 Å². The molecule has 4 aromatic heterocycles. The van der Waals surface area contributed by atoms with Crippen molar-refractivity contribution in [2.45, 2.75) is 5.03 Å². The Morgan fingerprint density at radius 3 is 1.68 bits per heavy atom. The number of nitrogens with zero attached hydrogens (tertiary/aromatic N) is 7. The number of ether oxygens (including phenoxy) is 3. The summed E-state index contributed by atoms with van der Waals surface area (Å²) in [6.45, 7) is 2.45. The van der Waals surface area contributed by atoms with Gasteiger partial charge in [-0.2, -0.15) is 4.98 Å². The molecular weight excluding hydrogens is 847 g/mol. The molecule has 0 bridgehead atoms. The zero-order valence-corrected chi connectivity index (χ0v) is 34.1. The van der Waals surface area contributed by atoms with Gasteiger partial charge in [0.15, 0.2) is 14.9 Å². The lowest BCUT2D eigenvalue weighted by Crippen LogP contribution is -2.37. The van der Waals surface area contributed by atoms with E-state index in [1.54, 1.807) is 24.4 Å². The second kappa shape index (κ2) is 19.1. The highest BCUT2D eigenvalue weighted by Crippen LogP contribution is 2.32. The van der Waals surface area contributed by atoms with Crippen LogP contribution in [-0.2, 0) is 24.0 Å². The lowest BCUT2D eigenvalue weighted by atomic mass is 10.1. The van der Waals surface area contributed by atoms with Crippen LogP contribution in [0.1, 0.15) is 21.0 Å². The number of hydrogen-bond donors (Lipinski definition) is 2. The highest BCUT2D eigenvalue weighted by molar-refractivity contribution is 7.90. The van der Waals surface area contributed by atoms with Crippen LogP contribution in [0.4, 0.5) is 37.9 Å². The van der Waals surface area contributed by atoms with E-state index >= 15 is 0 Å². The van der Waals surface area contributed by atoms with Gasteiger partial charge in [0.1, 0.15) is 28.8 Å². The number of hydrogen-bond acceptors (Lipinski definition) is 16. The monoisotopic (exact) mass is 879 g/mol. The molecule has 16 nitrogen and oxygen atoms in total. The highest BCUT2D eigenvalue weighted by atomic mass is 35.5. The molecule has 21 heteroatoms. The Hall–Kier alpha value is -6.41. The van der Waals surface area contributed by atoms with Crippen molar-refractivity contribution in [2.24, 2.45) is 0 Å². The second-order valence-corrected chi connectivity index (χ2v) is 15.3. The molecule has 310 valence electrons. The van der Waals surface area contributed by atoms with E-state index in [1.807, 2.05) is 0 Å². The Kier molecular flexibility index (Phi) is 13.7. The molecule has 7 rings (SSSR count). The fraction of sp³-hybridized carbons (Fsp3) is 0.179. The average Bonchev–Trinajstić information content (AvgIpc) is 3.26. The molecule has 60 heavy (non-hydrogen) atoms. The molecule has 1 aliphatic heterocycles. The molecule has 0 saturated carbocycles. The molecule has 2 N–H and O–H groups in total. The highest BCUT2D eigenvalue weighted by Gasteiger charge is 2.22. The van der Waals surface area contributed by atoms with Gasteiger partial charge in [0.05, 0.1) is 37.5 Å². The molecule has 5 heterocycles. The van der Waals surface area contributed by atoms with Crippen molar-refractivity contribution in [3.8, 4) is 22.3 Å². The van der Waals surface area contributed by atoms with Crippen LogP contribution in [0.15, 0.2) is 90.5 Å². The van der Waals surface area contributed by atoms with Gasteiger partial charge in [0, 0.05) is 66.6 Å². The molecule has 0 spiro atoms. The first-order chi connectivity index (χ1) is 28.7. The minimum absolute atomic E-state index is 0.00199. The normalized spacial score (nSPS) is 12.5. The van der Waals surface area contributed by atoms with Gasteiger partial charge in [-0.15, -0.1) is 0 Å². The number of halogens is 4. The third-order valence-corrected chi connectivity index (χ3v) is 10.1. The van der Waals surface area contributed by atoms with Crippen molar-refractivity contribution in [2.75, 3.05) is 62.3 Å². The quantitative estimate of drug-likeness (QED) is 0.106. The van der Waals surface area contributed by atoms with Gasteiger partial charge in [-0.25, -0.2) is 51.7 Å². The molecule has 0 amide bonds. The number of methoxy groups -OCH3 is 2. The Labute approximate surface area is 351 Å². The average molecular weight is 881 g/mol. The van der Waals surface area contributed by atoms with Crippen LogP contribution >= 0.6 is 23.2 Å². The number of carbonyl (C=O) groups is 2. The van der Waals surface area contributed by atoms with Crippen LogP contribution in [0.25, 0.3) is 22.3 Å². The van der Waals surface area contributed by atoms with Crippen LogP contribution < -0.4 is 15.5 Å². The van der Waals surface area contributed by atoms with Gasteiger partial charge in [-0.1, -0.05) is 23.2 Å². The van der Waals surface area contributed by atoms with E-state index in [-0.39, 0.29) is 38.0 Å². The molecule has 2 aromatic carbocycles. The van der Waals surface area contributed by atoms with E-state index in [4.69, 9.17) is 32.7 Å². The fourth-order valence-electron chi connectivity index (χ4n) is 5.59. The number of benzene rings is 2. The van der Waals surface area contributed by atoms with Crippen LogP contribution in [0.5, 0.6) is 0 Å². The first-order valence-corrected chi connectivity index (χ1v) is 20.2. The fourth-order valence-corrected chi connectivity index (χ4v) is 6.78. The number of sulfone groups is 1. The molecule has 0 radical (unpaired) electrons. The molecule has 6 aromatic rings. The smallest absolute Gasteiger partial charge is 0.356 e. The second-order valence-electron chi connectivity index (χ2n) is 12.6. The summed E-state index contributed by atoms with van der Waals surface area (Å²) in [5.74, 6) is -1.31. The number of morpholine rings is 1. The number of carbonyl (C=O) groups excluding carboxylic acids is 2. The predicted octanol–water partition coefficient (Wildman–Crippen LogP) is 6.96. The van der Waals surface area contributed by atoms with Crippen molar-refractivity contribution in [1.29, 1.82) is 0 Å². The van der Waals surface area contributed by atoms with E-state index in [2.05, 4.69) is 50.2 Å². The van der Waals surface area contributed by atoms with Gasteiger partial charge in [-0.3, -0.25) is 0 Å². The SMILES string of the molecule is COC(=O)c1cc(-c2cnc(Nc3ccc(F)c(Cl)c3)nc2N2CCOCC2)ccn1.COC(=O)c1cc(-c2cnc(Nc3ccc(F)c(Cl)c3)nc2S(C)(=O)=O)ccn1. The minimum atomic E-state index is -3.76. The lowest BCUT2D eigenvalue weighted by Gasteiger charge is -2.29. The van der Waals surface area contributed by atoms with Crippen LogP contribution in [0, 0.1) is 11.6 Å². The maximum absolute atomic E-state index is 13.5. The van der Waals surface area contributed by atoms with Crippen molar-refractivity contribution >= 4 is 74.1 Å². The molecule has 0 atom stereocenters. The zero-order chi connectivity index (χ0) is 43.0. The summed E-state index contributed by atoms with van der Waals surface area (Å²) in [6, 6.07) is 14.5. The Bertz CT molecular complexity index is 2680. The number of anilines is 5. The lowest BCUT2D eigenvalue weighted by molar-refractivity contribution is 0.0585. The number of rotatable bonds is 10. The Balaban J connectivity index is 0.000000202. The Morgan fingerprint density at radius 2 is 1.20 bits per heavy atom. The number of esters is 2. The zero-order valence-electron chi connectivity index (χ0n) is 31.8. The molecule has 0 unspecified atom stereocenters. The summed E-state index contributed by atoms with van der Waals surface area (Å²) >= 11 is 11.6. The third kappa shape index (κ3) is 10.6. The molecular formula is C39H33Cl2F2N9O7S. The first-order valence-electron chi connectivity index (χ1n) is 17.5. The largest absolute Gasteiger partial charge is 0.464 e. The van der Waals surface area contributed by atoms with E-state index in [1.165, 1.54) is 69.2 Å². The van der Waals surface area contributed by atoms with Crippen molar-refractivity contribution < 1.29 is 41.0 Å². The van der Waals surface area contributed by atoms with Gasteiger partial charge < -0.3 is 29.7 Å².